The van der Waals surface area contributed by atoms with Crippen LogP contribution in [0.5, 0.6) is 5.75 Å². The molecule has 41 heavy (non-hydrogen) atoms. The molecule has 0 unspecified atom stereocenters. The quantitative estimate of drug-likeness (QED) is 0.118. The molecule has 1 fully saturated rings. The smallest absolute Gasteiger partial charge is 0.308 e. The van der Waals surface area contributed by atoms with Crippen molar-refractivity contribution in [1.82, 2.24) is 4.98 Å². The second-order valence-corrected chi connectivity index (χ2v) is 9.63. The Morgan fingerprint density at radius 2 is 1.63 bits per heavy atom. The molecule has 0 spiro atoms. The number of aromatic nitrogens is 1. The van der Waals surface area contributed by atoms with Crippen LogP contribution in [0.4, 0.5) is 10.1 Å². The maximum absolute atomic E-state index is 12.6. The van der Waals surface area contributed by atoms with Gasteiger partial charge in [-0.15, -0.1) is 0 Å². The minimum absolute atomic E-state index is 0.00637. The van der Waals surface area contributed by atoms with Crippen molar-refractivity contribution in [2.24, 2.45) is 0 Å². The molecular formula is C32H29FN2O5S. The lowest BCUT2D eigenvalue weighted by molar-refractivity contribution is -0.145. The minimum Gasteiger partial charge on any atom is -0.457 e. The maximum Gasteiger partial charge on any atom is 0.308 e. The van der Waals surface area contributed by atoms with Crippen molar-refractivity contribution in [1.29, 1.82) is 0 Å². The first kappa shape index (κ1) is 29.5. The fourth-order valence-corrected chi connectivity index (χ4v) is 4.65. The van der Waals surface area contributed by atoms with E-state index < -0.39 is 6.10 Å². The lowest BCUT2D eigenvalue weighted by atomic mass is 9.92. The molecular weight excluding hydrogens is 543 g/mol. The largest absolute Gasteiger partial charge is 0.457 e. The molecule has 0 saturated carbocycles. The van der Waals surface area contributed by atoms with Gasteiger partial charge in [0.15, 0.2) is 0 Å². The van der Waals surface area contributed by atoms with Gasteiger partial charge < -0.3 is 14.4 Å². The van der Waals surface area contributed by atoms with Crippen LogP contribution < -0.4 is 9.64 Å². The maximum atomic E-state index is 12.6. The van der Waals surface area contributed by atoms with Gasteiger partial charge in [-0.2, -0.15) is 12.6 Å². The predicted octanol–water partition coefficient (Wildman–Crippen LogP) is 6.51. The van der Waals surface area contributed by atoms with Crippen LogP contribution in [0.25, 0.3) is 11.1 Å². The number of esters is 2. The fraction of sp³-hybridized carbons (Fsp3) is 0.188. The summed E-state index contributed by atoms with van der Waals surface area (Å²) >= 11 is 4.06. The van der Waals surface area contributed by atoms with Crippen LogP contribution in [0.15, 0.2) is 97.3 Å². The van der Waals surface area contributed by atoms with Crippen LogP contribution in [0.3, 0.4) is 0 Å². The van der Waals surface area contributed by atoms with Gasteiger partial charge in [0.05, 0.1) is 12.5 Å². The molecule has 7 nitrogen and oxygen atoms in total. The standard InChI is InChI=1S/C22H18N2O3.C10H11FO2S/c1-15(25)27-20-10-6-17(7-11-20)21-13-22(26)24(21)19-8-4-16(5-9-19)18-3-2-12-23-14-18;1-7(12)13-10(6-14)8-2-4-9(11)5-3-8/h2-12,14,21H,13H2,1H3;2-5,10,14H,6H2,1H3/t21-;10-/m00/s1. The highest BCUT2D eigenvalue weighted by Crippen LogP contribution is 2.39. The van der Waals surface area contributed by atoms with Crippen molar-refractivity contribution in [3.8, 4) is 16.9 Å². The summed E-state index contributed by atoms with van der Waals surface area (Å²) in [5.74, 6) is -0.0483. The van der Waals surface area contributed by atoms with E-state index in [4.69, 9.17) is 9.47 Å². The van der Waals surface area contributed by atoms with E-state index >= 15 is 0 Å². The molecule has 1 aliphatic heterocycles. The molecule has 5 rings (SSSR count). The zero-order chi connectivity index (χ0) is 29.4. The van der Waals surface area contributed by atoms with Crippen LogP contribution in [-0.4, -0.2) is 28.6 Å². The molecule has 1 saturated heterocycles. The molecule has 3 aromatic carbocycles. The predicted molar refractivity (Wildman–Crippen MR) is 157 cm³/mol. The van der Waals surface area contributed by atoms with Crippen molar-refractivity contribution >= 4 is 36.2 Å². The number of halogens is 1. The SMILES string of the molecule is CC(=O)O[C@@H](CS)c1ccc(F)cc1.CC(=O)Oc1ccc([C@@H]2CC(=O)N2c2ccc(-c3cccnc3)cc2)cc1. The van der Waals surface area contributed by atoms with E-state index in [-0.39, 0.29) is 29.7 Å². The first-order valence-electron chi connectivity index (χ1n) is 12.9. The van der Waals surface area contributed by atoms with Gasteiger partial charge in [0.2, 0.25) is 5.91 Å². The summed E-state index contributed by atoms with van der Waals surface area (Å²) in [5.41, 5.74) is 4.73. The molecule has 1 aromatic heterocycles. The van der Waals surface area contributed by atoms with Crippen molar-refractivity contribution in [3.63, 3.8) is 0 Å². The number of rotatable bonds is 7. The van der Waals surface area contributed by atoms with Crippen molar-refractivity contribution in [3.05, 3.63) is 114 Å². The summed E-state index contributed by atoms with van der Waals surface area (Å²) in [4.78, 5) is 39.9. The first-order chi connectivity index (χ1) is 19.7. The zero-order valence-electron chi connectivity index (χ0n) is 22.6. The van der Waals surface area contributed by atoms with Gasteiger partial charge >= 0.3 is 11.9 Å². The fourth-order valence-electron chi connectivity index (χ4n) is 4.37. The summed E-state index contributed by atoms with van der Waals surface area (Å²) < 4.78 is 22.6. The molecule has 0 bridgehead atoms. The van der Waals surface area contributed by atoms with E-state index in [2.05, 4.69) is 17.6 Å². The topological polar surface area (TPSA) is 85.8 Å². The molecule has 1 amide bonds. The van der Waals surface area contributed by atoms with Crippen LogP contribution in [-0.2, 0) is 19.1 Å². The monoisotopic (exact) mass is 572 g/mol. The number of anilines is 1. The third-order valence-electron chi connectivity index (χ3n) is 6.33. The highest BCUT2D eigenvalue weighted by molar-refractivity contribution is 7.80. The van der Waals surface area contributed by atoms with Gasteiger partial charge in [-0.05, 0) is 64.7 Å². The van der Waals surface area contributed by atoms with Crippen molar-refractivity contribution in [2.45, 2.75) is 32.4 Å². The minimum atomic E-state index is -0.406. The zero-order valence-corrected chi connectivity index (χ0v) is 23.5. The van der Waals surface area contributed by atoms with E-state index in [0.29, 0.717) is 17.9 Å². The Bertz CT molecular complexity index is 1480. The van der Waals surface area contributed by atoms with Crippen LogP contribution in [0.1, 0.15) is 43.5 Å². The number of nitrogens with zero attached hydrogens (tertiary/aromatic N) is 2. The Hall–Kier alpha value is -4.50. The number of amides is 1. The molecule has 210 valence electrons. The van der Waals surface area contributed by atoms with E-state index in [1.165, 1.54) is 26.0 Å². The molecule has 0 N–H and O–H groups in total. The third kappa shape index (κ3) is 7.79. The van der Waals surface area contributed by atoms with Crippen LogP contribution in [0, 0.1) is 5.82 Å². The summed E-state index contributed by atoms with van der Waals surface area (Å²) in [7, 11) is 0. The average molecular weight is 573 g/mol. The van der Waals surface area contributed by atoms with Gasteiger partial charge in [-0.3, -0.25) is 19.4 Å². The molecule has 0 radical (unpaired) electrons. The third-order valence-corrected chi connectivity index (χ3v) is 6.66. The first-order valence-corrected chi connectivity index (χ1v) is 13.5. The second-order valence-electron chi connectivity index (χ2n) is 9.27. The van der Waals surface area contributed by atoms with Gasteiger partial charge in [0, 0.05) is 37.7 Å². The second kappa shape index (κ2) is 13.7. The molecule has 2 atom stereocenters. The number of thiol groups is 1. The van der Waals surface area contributed by atoms with Gasteiger partial charge in [-0.25, -0.2) is 4.39 Å². The highest BCUT2D eigenvalue weighted by Gasteiger charge is 2.38. The number of carbonyl (C=O) groups excluding carboxylic acids is 3. The number of ether oxygens (including phenoxy) is 2. The Morgan fingerprint density at radius 1 is 0.951 bits per heavy atom. The molecule has 2 heterocycles. The number of pyridine rings is 1. The number of hydrogen-bond acceptors (Lipinski definition) is 7. The highest BCUT2D eigenvalue weighted by atomic mass is 32.1. The summed E-state index contributed by atoms with van der Waals surface area (Å²) in [5, 5.41) is 0. The Kier molecular flexibility index (Phi) is 9.86. The van der Waals surface area contributed by atoms with E-state index in [1.54, 1.807) is 35.4 Å². The van der Waals surface area contributed by atoms with Crippen molar-refractivity contribution in [2.75, 3.05) is 10.7 Å². The summed E-state index contributed by atoms with van der Waals surface area (Å²) in [6.07, 6.45) is 3.62. The lowest BCUT2D eigenvalue weighted by Gasteiger charge is -2.41. The molecule has 9 heteroatoms. The Balaban J connectivity index is 0.000000234. The number of benzene rings is 3. The van der Waals surface area contributed by atoms with E-state index in [9.17, 15) is 18.8 Å². The Labute approximate surface area is 243 Å². The molecule has 4 aromatic rings. The lowest BCUT2D eigenvalue weighted by Crippen LogP contribution is -2.46. The summed E-state index contributed by atoms with van der Waals surface area (Å²) in [6.45, 7) is 2.70. The van der Waals surface area contributed by atoms with Crippen molar-refractivity contribution < 1.29 is 28.2 Å². The van der Waals surface area contributed by atoms with Crippen LogP contribution >= 0.6 is 12.6 Å². The molecule has 1 aliphatic rings. The van der Waals surface area contributed by atoms with Gasteiger partial charge in [0.25, 0.3) is 0 Å². The average Bonchev–Trinajstić information content (AvgIpc) is 2.96. The van der Waals surface area contributed by atoms with E-state index in [0.717, 1.165) is 27.9 Å². The number of hydrogen-bond donors (Lipinski definition) is 1. The van der Waals surface area contributed by atoms with Crippen LogP contribution in [0.2, 0.25) is 0 Å². The number of β-lactam (4-membered cyclic amide) rings is 1. The number of carbonyl (C=O) groups is 3. The summed E-state index contributed by atoms with van der Waals surface area (Å²) in [6, 6.07) is 24.9. The molecule has 0 aliphatic carbocycles. The Morgan fingerprint density at radius 3 is 2.17 bits per heavy atom. The normalized spacial score (nSPS) is 14.7. The van der Waals surface area contributed by atoms with E-state index in [1.807, 2.05) is 54.7 Å². The van der Waals surface area contributed by atoms with Gasteiger partial charge in [-0.1, -0.05) is 42.5 Å². The van der Waals surface area contributed by atoms with Gasteiger partial charge in [0.1, 0.15) is 17.7 Å².